The molecular formula is C15H16N4O3. The molecular weight excluding hydrogens is 284 g/mol. The maximum atomic E-state index is 12.4. The quantitative estimate of drug-likeness (QED) is 0.850. The maximum absolute atomic E-state index is 12.4. The number of carbonyl (C=O) groups is 1. The van der Waals surface area contributed by atoms with Crippen molar-refractivity contribution in [2.24, 2.45) is 0 Å². The number of hydrogen-bond donors (Lipinski definition) is 2. The first-order valence-corrected chi connectivity index (χ1v) is 7.14. The molecule has 2 N–H and O–H groups in total. The Kier molecular flexibility index (Phi) is 3.86. The van der Waals surface area contributed by atoms with Gasteiger partial charge in [0.2, 0.25) is 0 Å². The van der Waals surface area contributed by atoms with Gasteiger partial charge in [0.05, 0.1) is 0 Å². The van der Waals surface area contributed by atoms with Crippen molar-refractivity contribution < 1.29 is 9.90 Å². The van der Waals surface area contributed by atoms with E-state index in [1.54, 1.807) is 12.4 Å². The van der Waals surface area contributed by atoms with Crippen LogP contribution in [-0.4, -0.2) is 32.2 Å². The lowest BCUT2D eigenvalue weighted by Crippen LogP contribution is -2.30. The Hall–Kier alpha value is -2.70. The number of anilines is 1. The molecule has 0 fully saturated rings. The lowest BCUT2D eigenvalue weighted by Gasteiger charge is -2.12. The van der Waals surface area contributed by atoms with Crippen LogP contribution in [-0.2, 0) is 17.6 Å². The molecule has 0 amide bonds. The molecule has 1 aliphatic heterocycles. The molecule has 2 aromatic rings. The highest BCUT2D eigenvalue weighted by atomic mass is 16.4. The van der Waals surface area contributed by atoms with E-state index in [4.69, 9.17) is 0 Å². The molecule has 0 aromatic carbocycles. The minimum Gasteiger partial charge on any atom is -0.480 e. The van der Waals surface area contributed by atoms with Crippen molar-refractivity contribution >= 4 is 11.8 Å². The number of aryl methyl sites for hydroxylation is 1. The molecule has 0 saturated heterocycles. The Labute approximate surface area is 126 Å². The molecule has 0 unspecified atom stereocenters. The second kappa shape index (κ2) is 5.97. The van der Waals surface area contributed by atoms with Gasteiger partial charge in [0.15, 0.2) is 5.82 Å². The van der Waals surface area contributed by atoms with Crippen LogP contribution in [0.5, 0.6) is 0 Å². The number of aliphatic carboxylic acids is 1. The summed E-state index contributed by atoms with van der Waals surface area (Å²) < 4.78 is 1.33. The largest absolute Gasteiger partial charge is 0.480 e. The average Bonchev–Trinajstić information content (AvgIpc) is 2.96. The predicted molar refractivity (Wildman–Crippen MR) is 79.9 cm³/mol. The Morgan fingerprint density at radius 1 is 1.41 bits per heavy atom. The summed E-state index contributed by atoms with van der Waals surface area (Å²) in [5.74, 6) is -0.792. The molecule has 22 heavy (non-hydrogen) atoms. The Balaban J connectivity index is 1.74. The molecule has 114 valence electrons. The van der Waals surface area contributed by atoms with E-state index >= 15 is 0 Å². The number of nitrogens with zero attached hydrogens (tertiary/aromatic N) is 3. The van der Waals surface area contributed by atoms with Crippen molar-refractivity contribution in [3.63, 3.8) is 0 Å². The minimum absolute atomic E-state index is 0.188. The van der Waals surface area contributed by atoms with E-state index in [1.807, 2.05) is 18.2 Å². The molecule has 7 nitrogen and oxygen atoms in total. The van der Waals surface area contributed by atoms with Gasteiger partial charge in [0.25, 0.3) is 5.56 Å². The van der Waals surface area contributed by atoms with Crippen molar-refractivity contribution in [1.82, 2.24) is 14.5 Å². The first-order chi connectivity index (χ1) is 10.7. The normalized spacial score (nSPS) is 16.3. The van der Waals surface area contributed by atoms with Crippen molar-refractivity contribution in [3.8, 4) is 0 Å². The fraction of sp³-hybridized carbons (Fsp3) is 0.333. The molecule has 1 atom stereocenters. The average molecular weight is 300 g/mol. The third-order valence-corrected chi connectivity index (χ3v) is 3.74. The first-order valence-electron chi connectivity index (χ1n) is 7.14. The number of rotatable bonds is 5. The molecule has 1 aliphatic rings. The van der Waals surface area contributed by atoms with Crippen LogP contribution in [0.15, 0.2) is 35.4 Å². The molecule has 7 heteroatoms. The predicted octanol–water partition coefficient (Wildman–Crippen LogP) is 0.865. The van der Waals surface area contributed by atoms with E-state index in [1.165, 1.54) is 4.57 Å². The van der Waals surface area contributed by atoms with Gasteiger partial charge in [-0.2, -0.15) is 0 Å². The van der Waals surface area contributed by atoms with Gasteiger partial charge in [0.1, 0.15) is 6.04 Å². The highest BCUT2D eigenvalue weighted by Crippen LogP contribution is 2.23. The highest BCUT2D eigenvalue weighted by Gasteiger charge is 2.30. The number of nitrogens with one attached hydrogen (secondary N) is 1. The van der Waals surface area contributed by atoms with Crippen LogP contribution in [0.3, 0.4) is 0 Å². The summed E-state index contributed by atoms with van der Waals surface area (Å²) in [5, 5.41) is 12.2. The van der Waals surface area contributed by atoms with Gasteiger partial charge in [-0.3, -0.25) is 14.3 Å². The van der Waals surface area contributed by atoms with Gasteiger partial charge in [0, 0.05) is 36.7 Å². The molecule has 0 aliphatic carbocycles. The summed E-state index contributed by atoms with van der Waals surface area (Å²) in [6, 6.07) is 4.87. The van der Waals surface area contributed by atoms with Crippen LogP contribution in [0.1, 0.15) is 23.9 Å². The van der Waals surface area contributed by atoms with Crippen LogP contribution in [0.25, 0.3) is 0 Å². The summed E-state index contributed by atoms with van der Waals surface area (Å²) >= 11 is 0. The van der Waals surface area contributed by atoms with E-state index in [0.29, 0.717) is 31.5 Å². The van der Waals surface area contributed by atoms with Gasteiger partial charge in [-0.25, -0.2) is 9.78 Å². The van der Waals surface area contributed by atoms with Crippen LogP contribution < -0.4 is 10.9 Å². The highest BCUT2D eigenvalue weighted by molar-refractivity contribution is 5.72. The van der Waals surface area contributed by atoms with E-state index in [-0.39, 0.29) is 11.4 Å². The molecule has 0 radical (unpaired) electrons. The van der Waals surface area contributed by atoms with E-state index < -0.39 is 12.0 Å². The summed E-state index contributed by atoms with van der Waals surface area (Å²) in [6.45, 7) is 0.510. The molecule has 2 aromatic heterocycles. The van der Waals surface area contributed by atoms with E-state index in [9.17, 15) is 14.7 Å². The zero-order valence-electron chi connectivity index (χ0n) is 11.9. The van der Waals surface area contributed by atoms with E-state index in [0.717, 1.165) is 5.69 Å². The lowest BCUT2D eigenvalue weighted by atomic mass is 10.2. The third-order valence-electron chi connectivity index (χ3n) is 3.74. The number of aromatic nitrogens is 3. The van der Waals surface area contributed by atoms with Crippen LogP contribution in [0.2, 0.25) is 0 Å². The fourth-order valence-electron chi connectivity index (χ4n) is 2.65. The number of carboxylic acids is 1. The summed E-state index contributed by atoms with van der Waals surface area (Å²) in [7, 11) is 0. The smallest absolute Gasteiger partial charge is 0.326 e. The summed E-state index contributed by atoms with van der Waals surface area (Å²) in [6.07, 6.45) is 4.95. The second-order valence-corrected chi connectivity index (χ2v) is 5.16. The third kappa shape index (κ3) is 2.69. The van der Waals surface area contributed by atoms with Crippen molar-refractivity contribution in [1.29, 1.82) is 0 Å². The van der Waals surface area contributed by atoms with Crippen LogP contribution in [0.4, 0.5) is 5.82 Å². The Morgan fingerprint density at radius 3 is 3.00 bits per heavy atom. The molecule has 0 spiro atoms. The SMILES string of the molecule is O=C(O)[C@@H]1CCc2cnc(NCCc3ccccn3)c(=O)n21. The lowest BCUT2D eigenvalue weighted by molar-refractivity contribution is -0.140. The monoisotopic (exact) mass is 300 g/mol. The maximum Gasteiger partial charge on any atom is 0.326 e. The molecule has 3 rings (SSSR count). The summed E-state index contributed by atoms with van der Waals surface area (Å²) in [4.78, 5) is 31.9. The van der Waals surface area contributed by atoms with Gasteiger partial charge in [-0.15, -0.1) is 0 Å². The number of carboxylic acid groups (broad SMARTS) is 1. The molecule has 0 bridgehead atoms. The van der Waals surface area contributed by atoms with Crippen LogP contribution in [0, 0.1) is 0 Å². The topological polar surface area (TPSA) is 97.1 Å². The fourth-order valence-corrected chi connectivity index (χ4v) is 2.65. The van der Waals surface area contributed by atoms with Gasteiger partial charge >= 0.3 is 5.97 Å². The number of fused-ring (bicyclic) bond motifs is 1. The first kappa shape index (κ1) is 14.2. The van der Waals surface area contributed by atoms with Gasteiger partial charge in [-0.1, -0.05) is 6.07 Å². The molecule has 3 heterocycles. The van der Waals surface area contributed by atoms with Gasteiger partial charge < -0.3 is 10.4 Å². The second-order valence-electron chi connectivity index (χ2n) is 5.16. The van der Waals surface area contributed by atoms with Crippen molar-refractivity contribution in [2.75, 3.05) is 11.9 Å². The van der Waals surface area contributed by atoms with Crippen LogP contribution >= 0.6 is 0 Å². The van der Waals surface area contributed by atoms with Crippen molar-refractivity contribution in [2.45, 2.75) is 25.3 Å². The van der Waals surface area contributed by atoms with Crippen molar-refractivity contribution in [3.05, 3.63) is 52.3 Å². The number of hydrogen-bond acceptors (Lipinski definition) is 5. The Morgan fingerprint density at radius 2 is 2.27 bits per heavy atom. The van der Waals surface area contributed by atoms with E-state index in [2.05, 4.69) is 15.3 Å². The zero-order valence-corrected chi connectivity index (χ0v) is 11.9. The van der Waals surface area contributed by atoms with Gasteiger partial charge in [-0.05, 0) is 25.0 Å². The minimum atomic E-state index is -0.980. The standard InChI is InChI=1S/C15H16N4O3/c20-14-13(17-8-6-10-3-1-2-7-16-10)18-9-11-4-5-12(15(21)22)19(11)14/h1-3,7,9,12H,4-6,8H2,(H,17,18)(H,21,22)/t12-/m0/s1. The zero-order chi connectivity index (χ0) is 15.5. The number of pyridine rings is 1. The molecule has 0 saturated carbocycles. The summed E-state index contributed by atoms with van der Waals surface area (Å²) in [5.41, 5.74) is 1.22. The Bertz CT molecular complexity index is 742.